The number of fused-ring (bicyclic) bond motifs is 1. The topological polar surface area (TPSA) is 95.6 Å². The number of primary amides is 1. The second kappa shape index (κ2) is 8.89. The molecule has 0 spiro atoms. The van der Waals surface area contributed by atoms with Gasteiger partial charge in [0.2, 0.25) is 0 Å². The minimum Gasteiger partial charge on any atom is -0.493 e. The normalized spacial score (nSPS) is 14.4. The van der Waals surface area contributed by atoms with Gasteiger partial charge in [-0.15, -0.1) is 0 Å². The average molecular weight is 462 g/mol. The molecular weight excluding hydrogens is 430 g/mol. The maximum absolute atomic E-state index is 12.8. The standard InChI is InChI=1S/C27H31N3O4/c1-16-10-20-22(13-27(2,3)14-23(20)31)30(16)18-7-8-19(26(28)32)21(12-18)29-15-17-6-9-24(33-4)25(11-17)34-5/h6-12,29H,13-15H2,1-5H3,(H2,28,32). The van der Waals surface area contributed by atoms with E-state index in [1.807, 2.05) is 43.3 Å². The van der Waals surface area contributed by atoms with E-state index >= 15 is 0 Å². The van der Waals surface area contributed by atoms with Crippen LogP contribution in [0.2, 0.25) is 0 Å². The number of ketones is 1. The molecule has 3 aromatic rings. The lowest BCUT2D eigenvalue weighted by molar-refractivity contribution is 0.0910. The molecule has 1 aliphatic rings. The fraction of sp³-hybridized carbons (Fsp3) is 0.333. The third kappa shape index (κ3) is 4.38. The molecule has 0 saturated carbocycles. The number of benzene rings is 2. The number of ether oxygens (including phenoxy) is 2. The predicted molar refractivity (Wildman–Crippen MR) is 132 cm³/mol. The van der Waals surface area contributed by atoms with Crippen molar-refractivity contribution in [2.45, 2.75) is 40.2 Å². The van der Waals surface area contributed by atoms with Crippen LogP contribution in [0, 0.1) is 12.3 Å². The predicted octanol–water partition coefficient (Wildman–Crippen LogP) is 4.67. The zero-order chi connectivity index (χ0) is 24.6. The molecule has 1 amide bonds. The molecule has 0 fully saturated rings. The summed E-state index contributed by atoms with van der Waals surface area (Å²) in [6.45, 7) is 6.69. The third-order valence-corrected chi connectivity index (χ3v) is 6.33. The quantitative estimate of drug-likeness (QED) is 0.533. The van der Waals surface area contributed by atoms with Crippen LogP contribution in [-0.2, 0) is 13.0 Å². The summed E-state index contributed by atoms with van der Waals surface area (Å²) in [6, 6.07) is 13.2. The smallest absolute Gasteiger partial charge is 0.250 e. The Balaban J connectivity index is 1.71. The van der Waals surface area contributed by atoms with Crippen LogP contribution in [0.1, 0.15) is 57.9 Å². The van der Waals surface area contributed by atoms with E-state index in [0.717, 1.165) is 34.6 Å². The van der Waals surface area contributed by atoms with Crippen molar-refractivity contribution in [2.24, 2.45) is 11.1 Å². The van der Waals surface area contributed by atoms with E-state index < -0.39 is 5.91 Å². The van der Waals surface area contributed by atoms with Crippen LogP contribution in [0.4, 0.5) is 5.69 Å². The van der Waals surface area contributed by atoms with E-state index in [1.54, 1.807) is 20.3 Å². The summed E-state index contributed by atoms with van der Waals surface area (Å²) in [4.78, 5) is 24.9. The van der Waals surface area contributed by atoms with Gasteiger partial charge in [0.25, 0.3) is 5.91 Å². The van der Waals surface area contributed by atoms with Gasteiger partial charge in [-0.3, -0.25) is 9.59 Å². The Kier molecular flexibility index (Phi) is 6.13. The van der Waals surface area contributed by atoms with Gasteiger partial charge in [0, 0.05) is 41.3 Å². The Morgan fingerprint density at radius 2 is 1.79 bits per heavy atom. The fourth-order valence-electron chi connectivity index (χ4n) is 4.73. The van der Waals surface area contributed by atoms with Crippen molar-refractivity contribution in [3.05, 3.63) is 70.5 Å². The average Bonchev–Trinajstić information content (AvgIpc) is 3.12. The van der Waals surface area contributed by atoms with Crippen LogP contribution in [-0.4, -0.2) is 30.5 Å². The first-order valence-electron chi connectivity index (χ1n) is 11.3. The first kappa shape index (κ1) is 23.4. The van der Waals surface area contributed by atoms with Gasteiger partial charge < -0.3 is 25.1 Å². The van der Waals surface area contributed by atoms with Crippen LogP contribution < -0.4 is 20.5 Å². The lowest BCUT2D eigenvalue weighted by atomic mass is 9.76. The summed E-state index contributed by atoms with van der Waals surface area (Å²) in [5.74, 6) is 0.946. The Hall–Kier alpha value is -3.74. The molecule has 34 heavy (non-hydrogen) atoms. The SMILES string of the molecule is COc1ccc(CNc2cc(-n3c(C)cc4c3CC(C)(C)CC4=O)ccc2C(N)=O)cc1OC. The molecule has 7 nitrogen and oxygen atoms in total. The summed E-state index contributed by atoms with van der Waals surface area (Å²) in [5, 5.41) is 3.35. The highest BCUT2D eigenvalue weighted by molar-refractivity contribution is 6.00. The zero-order valence-corrected chi connectivity index (χ0v) is 20.3. The van der Waals surface area contributed by atoms with Crippen molar-refractivity contribution in [3.63, 3.8) is 0 Å². The molecule has 7 heteroatoms. The van der Waals surface area contributed by atoms with Crippen molar-refractivity contribution in [2.75, 3.05) is 19.5 Å². The number of aryl methyl sites for hydroxylation is 1. The first-order chi connectivity index (χ1) is 16.1. The highest BCUT2D eigenvalue weighted by Gasteiger charge is 2.34. The van der Waals surface area contributed by atoms with Gasteiger partial charge in [-0.2, -0.15) is 0 Å². The minimum absolute atomic E-state index is 0.103. The lowest BCUT2D eigenvalue weighted by Crippen LogP contribution is -2.27. The third-order valence-electron chi connectivity index (χ3n) is 6.33. The summed E-state index contributed by atoms with van der Waals surface area (Å²) < 4.78 is 12.8. The second-order valence-electron chi connectivity index (χ2n) is 9.56. The number of nitrogens with two attached hydrogens (primary N) is 1. The lowest BCUT2D eigenvalue weighted by Gasteiger charge is -2.30. The first-order valence-corrected chi connectivity index (χ1v) is 11.3. The van der Waals surface area contributed by atoms with E-state index in [-0.39, 0.29) is 11.2 Å². The van der Waals surface area contributed by atoms with E-state index in [0.29, 0.717) is 35.7 Å². The van der Waals surface area contributed by atoms with E-state index in [1.165, 1.54) is 0 Å². The van der Waals surface area contributed by atoms with Gasteiger partial charge in [-0.05, 0) is 60.7 Å². The number of hydrogen-bond donors (Lipinski definition) is 2. The van der Waals surface area contributed by atoms with Crippen LogP contribution in [0.5, 0.6) is 11.5 Å². The molecule has 0 unspecified atom stereocenters. The number of hydrogen-bond acceptors (Lipinski definition) is 5. The number of nitrogens with one attached hydrogen (secondary N) is 1. The Morgan fingerprint density at radius 3 is 2.47 bits per heavy atom. The number of rotatable bonds is 7. The van der Waals surface area contributed by atoms with Gasteiger partial charge in [-0.25, -0.2) is 0 Å². The molecule has 1 heterocycles. The molecule has 0 radical (unpaired) electrons. The molecule has 3 N–H and O–H groups in total. The van der Waals surface area contributed by atoms with Gasteiger partial charge in [0.1, 0.15) is 0 Å². The number of amides is 1. The van der Waals surface area contributed by atoms with E-state index in [2.05, 4.69) is 23.7 Å². The summed E-state index contributed by atoms with van der Waals surface area (Å²) >= 11 is 0. The largest absolute Gasteiger partial charge is 0.493 e. The Labute approximate surface area is 199 Å². The maximum Gasteiger partial charge on any atom is 0.250 e. The number of nitrogens with zero attached hydrogens (tertiary/aromatic N) is 1. The summed E-state index contributed by atoms with van der Waals surface area (Å²) in [6.07, 6.45) is 1.34. The molecule has 2 aromatic carbocycles. The number of anilines is 1. The van der Waals surface area contributed by atoms with Gasteiger partial charge in [-0.1, -0.05) is 19.9 Å². The van der Waals surface area contributed by atoms with Crippen molar-refractivity contribution >= 4 is 17.4 Å². The number of carbonyl (C=O) groups is 2. The van der Waals surface area contributed by atoms with E-state index in [4.69, 9.17) is 15.2 Å². The van der Waals surface area contributed by atoms with Crippen molar-refractivity contribution in [3.8, 4) is 17.2 Å². The molecule has 4 rings (SSSR count). The fourth-order valence-corrected chi connectivity index (χ4v) is 4.73. The molecule has 1 aromatic heterocycles. The summed E-state index contributed by atoms with van der Waals surface area (Å²) in [7, 11) is 3.19. The van der Waals surface area contributed by atoms with Crippen LogP contribution in [0.15, 0.2) is 42.5 Å². The molecule has 178 valence electrons. The summed E-state index contributed by atoms with van der Waals surface area (Å²) in [5.41, 5.74) is 11.2. The second-order valence-corrected chi connectivity index (χ2v) is 9.56. The van der Waals surface area contributed by atoms with Crippen molar-refractivity contribution in [1.82, 2.24) is 4.57 Å². The van der Waals surface area contributed by atoms with Gasteiger partial charge in [0.05, 0.1) is 19.8 Å². The number of carbonyl (C=O) groups excluding carboxylic acids is 2. The highest BCUT2D eigenvalue weighted by atomic mass is 16.5. The number of methoxy groups -OCH3 is 2. The maximum atomic E-state index is 12.8. The monoisotopic (exact) mass is 461 g/mol. The molecule has 0 atom stereocenters. The number of Topliss-reactive ketones (excluding diaryl/α,β-unsaturated/α-hetero) is 1. The van der Waals surface area contributed by atoms with E-state index in [9.17, 15) is 9.59 Å². The Bertz CT molecular complexity index is 1270. The van der Waals surface area contributed by atoms with Gasteiger partial charge in [0.15, 0.2) is 17.3 Å². The highest BCUT2D eigenvalue weighted by Crippen LogP contribution is 2.38. The van der Waals surface area contributed by atoms with Crippen molar-refractivity contribution in [1.29, 1.82) is 0 Å². The number of aromatic nitrogens is 1. The molecule has 1 aliphatic carbocycles. The molecule has 0 saturated heterocycles. The van der Waals surface area contributed by atoms with Gasteiger partial charge >= 0.3 is 0 Å². The minimum atomic E-state index is -0.510. The Morgan fingerprint density at radius 1 is 1.06 bits per heavy atom. The van der Waals surface area contributed by atoms with Crippen LogP contribution in [0.3, 0.4) is 0 Å². The van der Waals surface area contributed by atoms with Crippen LogP contribution in [0.25, 0.3) is 5.69 Å². The molecule has 0 bridgehead atoms. The van der Waals surface area contributed by atoms with Crippen LogP contribution >= 0.6 is 0 Å². The molecule has 0 aliphatic heterocycles. The molecular formula is C27H31N3O4. The van der Waals surface area contributed by atoms with Crippen molar-refractivity contribution < 1.29 is 19.1 Å². The zero-order valence-electron chi connectivity index (χ0n) is 20.3.